The zero-order valence-electron chi connectivity index (χ0n) is 19.8. The summed E-state index contributed by atoms with van der Waals surface area (Å²) in [4.78, 5) is 27.0. The molecule has 0 saturated carbocycles. The molecule has 0 aliphatic carbocycles. The Morgan fingerprint density at radius 1 is 1.12 bits per heavy atom. The minimum atomic E-state index is -4.50. The van der Waals surface area contributed by atoms with Crippen LogP contribution < -0.4 is 4.74 Å². The molecule has 2 aromatic rings. The van der Waals surface area contributed by atoms with E-state index in [0.717, 1.165) is 12.1 Å². The van der Waals surface area contributed by atoms with Crippen molar-refractivity contribution in [2.45, 2.75) is 52.3 Å². The van der Waals surface area contributed by atoms with E-state index in [-0.39, 0.29) is 23.8 Å². The van der Waals surface area contributed by atoms with Gasteiger partial charge in [0.05, 0.1) is 18.4 Å². The fourth-order valence-corrected chi connectivity index (χ4v) is 3.83. The first-order chi connectivity index (χ1) is 15.8. The van der Waals surface area contributed by atoms with Crippen molar-refractivity contribution >= 4 is 11.9 Å². The van der Waals surface area contributed by atoms with Crippen molar-refractivity contribution in [2.24, 2.45) is 5.92 Å². The average Bonchev–Trinajstić information content (AvgIpc) is 2.76. The van der Waals surface area contributed by atoms with Gasteiger partial charge in [0.15, 0.2) is 5.78 Å². The van der Waals surface area contributed by atoms with E-state index in [1.54, 1.807) is 33.8 Å². The third-order valence-electron chi connectivity index (χ3n) is 5.46. The SMILES string of the molecule is COc1cc(C(F)(F)F)ccc1-c1nnc(C(=O)C2CCCN(C(=O)OC(C)(C)C)C2)cc1C. The second-order valence-electron chi connectivity index (χ2n) is 9.30. The lowest BCUT2D eigenvalue weighted by molar-refractivity contribution is -0.137. The number of Topliss-reactive ketones (excluding diaryl/α,β-unsaturated/α-hetero) is 1. The molecule has 1 aromatic carbocycles. The van der Waals surface area contributed by atoms with Crippen molar-refractivity contribution in [2.75, 3.05) is 20.2 Å². The topological polar surface area (TPSA) is 81.6 Å². The number of aryl methyl sites for hydroxylation is 1. The zero-order chi connectivity index (χ0) is 25.3. The Labute approximate surface area is 196 Å². The van der Waals surface area contributed by atoms with Crippen LogP contribution in [0.1, 0.15) is 55.2 Å². The molecular weight excluding hydrogens is 451 g/mol. The number of alkyl halides is 3. The normalized spacial score (nSPS) is 16.8. The molecule has 34 heavy (non-hydrogen) atoms. The highest BCUT2D eigenvalue weighted by atomic mass is 19.4. The minimum Gasteiger partial charge on any atom is -0.496 e. The Hall–Kier alpha value is -3.17. The summed E-state index contributed by atoms with van der Waals surface area (Å²) in [7, 11) is 1.28. The molecule has 1 atom stereocenters. The number of piperidine rings is 1. The number of hydrogen-bond acceptors (Lipinski definition) is 6. The maximum Gasteiger partial charge on any atom is 0.416 e. The lowest BCUT2D eigenvalue weighted by Crippen LogP contribution is -2.44. The van der Waals surface area contributed by atoms with E-state index < -0.39 is 29.4 Å². The van der Waals surface area contributed by atoms with Gasteiger partial charge in [0.2, 0.25) is 0 Å². The Morgan fingerprint density at radius 3 is 2.41 bits per heavy atom. The molecule has 1 aliphatic rings. The Morgan fingerprint density at radius 2 is 1.82 bits per heavy atom. The van der Waals surface area contributed by atoms with Crippen LogP contribution in [0.4, 0.5) is 18.0 Å². The lowest BCUT2D eigenvalue weighted by atomic mass is 9.91. The van der Waals surface area contributed by atoms with Crippen LogP contribution in [0.2, 0.25) is 0 Å². The van der Waals surface area contributed by atoms with Crippen LogP contribution >= 0.6 is 0 Å². The highest BCUT2D eigenvalue weighted by Gasteiger charge is 2.33. The van der Waals surface area contributed by atoms with E-state index >= 15 is 0 Å². The van der Waals surface area contributed by atoms with Crippen molar-refractivity contribution in [3.8, 4) is 17.0 Å². The summed E-state index contributed by atoms with van der Waals surface area (Å²) in [6.45, 7) is 7.78. The highest BCUT2D eigenvalue weighted by molar-refractivity contribution is 5.97. The molecule has 10 heteroatoms. The second kappa shape index (κ2) is 9.60. The van der Waals surface area contributed by atoms with Crippen molar-refractivity contribution < 1.29 is 32.2 Å². The maximum absolute atomic E-state index is 13.1. The van der Waals surface area contributed by atoms with Crippen molar-refractivity contribution in [3.05, 3.63) is 41.1 Å². The molecule has 0 radical (unpaired) electrons. The fourth-order valence-electron chi connectivity index (χ4n) is 3.83. The molecule has 0 bridgehead atoms. The largest absolute Gasteiger partial charge is 0.496 e. The molecule has 0 spiro atoms. The van der Waals surface area contributed by atoms with Crippen molar-refractivity contribution in [1.29, 1.82) is 0 Å². The first kappa shape index (κ1) is 25.5. The first-order valence-electron chi connectivity index (χ1n) is 10.9. The van der Waals surface area contributed by atoms with E-state index in [1.165, 1.54) is 18.1 Å². The number of hydrogen-bond donors (Lipinski definition) is 0. The maximum atomic E-state index is 13.1. The Balaban J connectivity index is 1.81. The van der Waals surface area contributed by atoms with Gasteiger partial charge in [0, 0.05) is 24.6 Å². The number of amides is 1. The molecule has 1 aliphatic heterocycles. The van der Waals surface area contributed by atoms with E-state index in [4.69, 9.17) is 9.47 Å². The number of carbonyl (C=O) groups is 2. The van der Waals surface area contributed by atoms with Gasteiger partial charge in [-0.05, 0) is 70.4 Å². The Kier molecular flexibility index (Phi) is 7.18. The van der Waals surface area contributed by atoms with Crippen molar-refractivity contribution in [3.63, 3.8) is 0 Å². The van der Waals surface area contributed by atoms with Gasteiger partial charge in [0.1, 0.15) is 17.0 Å². The number of methoxy groups -OCH3 is 1. The average molecular weight is 479 g/mol. The minimum absolute atomic E-state index is 0.00610. The third-order valence-corrected chi connectivity index (χ3v) is 5.46. The number of benzene rings is 1. The van der Waals surface area contributed by atoms with Gasteiger partial charge < -0.3 is 14.4 Å². The number of ether oxygens (including phenoxy) is 2. The summed E-state index contributed by atoms with van der Waals surface area (Å²) < 4.78 is 49.7. The molecule has 184 valence electrons. The molecule has 1 aromatic heterocycles. The molecule has 2 heterocycles. The van der Waals surface area contributed by atoms with Crippen molar-refractivity contribution in [1.82, 2.24) is 15.1 Å². The quantitative estimate of drug-likeness (QED) is 0.553. The number of carbonyl (C=O) groups excluding carboxylic acids is 2. The first-order valence-corrected chi connectivity index (χ1v) is 10.9. The predicted octanol–water partition coefficient (Wildman–Crippen LogP) is 5.31. The number of ketones is 1. The van der Waals surface area contributed by atoms with Gasteiger partial charge in [-0.1, -0.05) is 0 Å². The molecule has 1 unspecified atom stereocenters. The summed E-state index contributed by atoms with van der Waals surface area (Å²) in [6.07, 6.45) is -3.70. The second-order valence-corrected chi connectivity index (χ2v) is 9.30. The molecule has 1 fully saturated rings. The lowest BCUT2D eigenvalue weighted by Gasteiger charge is -2.33. The third kappa shape index (κ3) is 5.84. The standard InChI is InChI=1S/C24H28F3N3O4/c1-14-11-18(21(31)15-7-6-10-30(13-15)22(32)34-23(2,3)4)28-29-20(14)17-9-8-16(24(25,26)27)12-19(17)33-5/h8-9,11-12,15H,6-7,10,13H2,1-5H3. The molecule has 1 saturated heterocycles. The van der Waals surface area contributed by atoms with E-state index in [2.05, 4.69) is 10.2 Å². The molecule has 0 N–H and O–H groups in total. The van der Waals surface area contributed by atoms with Crippen LogP contribution in [0.25, 0.3) is 11.3 Å². The summed E-state index contributed by atoms with van der Waals surface area (Å²) in [5.74, 6) is -0.678. The van der Waals surface area contributed by atoms with Gasteiger partial charge >= 0.3 is 12.3 Å². The number of halogens is 3. The van der Waals surface area contributed by atoms with Gasteiger partial charge in [0.25, 0.3) is 0 Å². The monoisotopic (exact) mass is 479 g/mol. The van der Waals surface area contributed by atoms with Gasteiger partial charge in [-0.25, -0.2) is 4.79 Å². The van der Waals surface area contributed by atoms with Gasteiger partial charge in [-0.15, -0.1) is 10.2 Å². The highest BCUT2D eigenvalue weighted by Crippen LogP contribution is 2.37. The summed E-state index contributed by atoms with van der Waals surface area (Å²) in [5, 5.41) is 8.19. The number of likely N-dealkylation sites (tertiary alicyclic amines) is 1. The summed E-state index contributed by atoms with van der Waals surface area (Å²) >= 11 is 0. The zero-order valence-corrected chi connectivity index (χ0v) is 19.8. The molecule has 3 rings (SSSR count). The van der Waals surface area contributed by atoms with E-state index in [9.17, 15) is 22.8 Å². The number of aromatic nitrogens is 2. The van der Waals surface area contributed by atoms with Crippen LogP contribution in [-0.4, -0.2) is 52.8 Å². The van der Waals surface area contributed by atoms with Crippen LogP contribution in [0.15, 0.2) is 24.3 Å². The van der Waals surface area contributed by atoms with Crippen LogP contribution in [0, 0.1) is 12.8 Å². The number of rotatable bonds is 4. The summed E-state index contributed by atoms with van der Waals surface area (Å²) in [5.41, 5.74) is -0.0996. The fraction of sp³-hybridized carbons (Fsp3) is 0.500. The van der Waals surface area contributed by atoms with Crippen LogP contribution in [-0.2, 0) is 10.9 Å². The Bertz CT molecular complexity index is 1080. The summed E-state index contributed by atoms with van der Waals surface area (Å²) in [6, 6.07) is 4.70. The van der Waals surface area contributed by atoms with E-state index in [0.29, 0.717) is 36.2 Å². The van der Waals surface area contributed by atoms with E-state index in [1.807, 2.05) is 0 Å². The van der Waals surface area contributed by atoms with Crippen LogP contribution in [0.3, 0.4) is 0 Å². The molecule has 7 nitrogen and oxygen atoms in total. The molecule has 1 amide bonds. The smallest absolute Gasteiger partial charge is 0.416 e. The van der Waals surface area contributed by atoms with Gasteiger partial charge in [-0.2, -0.15) is 13.2 Å². The van der Waals surface area contributed by atoms with Crippen LogP contribution in [0.5, 0.6) is 5.75 Å². The predicted molar refractivity (Wildman–Crippen MR) is 119 cm³/mol. The molecular formula is C24H28F3N3O4. The number of nitrogens with zero attached hydrogens (tertiary/aromatic N) is 3. The van der Waals surface area contributed by atoms with Gasteiger partial charge in [-0.3, -0.25) is 4.79 Å².